The van der Waals surface area contributed by atoms with Gasteiger partial charge in [-0.1, -0.05) is 54.2 Å². The SMILES string of the molecule is Cc1cc(C)nc(SCC(=O)N[C@H](C)c2cccc3ccccc23)n1. The van der Waals surface area contributed by atoms with Gasteiger partial charge in [0.15, 0.2) is 5.16 Å². The largest absolute Gasteiger partial charge is 0.349 e. The lowest BCUT2D eigenvalue weighted by Crippen LogP contribution is -2.28. The predicted octanol–water partition coefficient (Wildman–Crippen LogP) is 4.22. The standard InChI is InChI=1S/C20H21N3OS/c1-13-11-14(2)22-20(21-13)25-12-19(24)23-15(3)17-10-6-8-16-7-4-5-9-18(16)17/h4-11,15H,12H2,1-3H3,(H,23,24)/t15-/m1/s1. The number of nitrogens with one attached hydrogen (secondary N) is 1. The van der Waals surface area contributed by atoms with Crippen molar-refractivity contribution < 1.29 is 4.79 Å². The Morgan fingerprint density at radius 3 is 2.52 bits per heavy atom. The maximum absolute atomic E-state index is 12.3. The fourth-order valence-corrected chi connectivity index (χ4v) is 3.64. The van der Waals surface area contributed by atoms with Crippen molar-refractivity contribution in [2.75, 3.05) is 5.75 Å². The molecule has 5 heteroatoms. The molecule has 3 aromatic rings. The van der Waals surface area contributed by atoms with E-state index in [2.05, 4.69) is 39.6 Å². The summed E-state index contributed by atoms with van der Waals surface area (Å²) < 4.78 is 0. The van der Waals surface area contributed by atoms with Crippen molar-refractivity contribution in [3.8, 4) is 0 Å². The molecule has 3 rings (SSSR count). The molecule has 2 aromatic carbocycles. The molecular weight excluding hydrogens is 330 g/mol. The maximum Gasteiger partial charge on any atom is 0.230 e. The van der Waals surface area contributed by atoms with E-state index in [1.54, 1.807) is 0 Å². The van der Waals surface area contributed by atoms with Crippen LogP contribution < -0.4 is 5.32 Å². The number of hydrogen-bond acceptors (Lipinski definition) is 4. The number of rotatable bonds is 5. The minimum atomic E-state index is -0.0561. The first kappa shape index (κ1) is 17.4. The molecule has 0 radical (unpaired) electrons. The summed E-state index contributed by atoms with van der Waals surface area (Å²) in [5.41, 5.74) is 2.96. The number of carbonyl (C=O) groups is 1. The maximum atomic E-state index is 12.3. The van der Waals surface area contributed by atoms with E-state index in [0.717, 1.165) is 17.0 Å². The summed E-state index contributed by atoms with van der Waals surface area (Å²) in [4.78, 5) is 21.0. The number of carbonyl (C=O) groups excluding carboxylic acids is 1. The molecule has 1 amide bonds. The molecule has 0 unspecified atom stereocenters. The molecule has 0 saturated heterocycles. The zero-order valence-electron chi connectivity index (χ0n) is 14.6. The fraction of sp³-hybridized carbons (Fsp3) is 0.250. The van der Waals surface area contributed by atoms with Crippen LogP contribution in [0.3, 0.4) is 0 Å². The number of aryl methyl sites for hydroxylation is 2. The van der Waals surface area contributed by atoms with Gasteiger partial charge in [0, 0.05) is 11.4 Å². The molecule has 0 fully saturated rings. The van der Waals surface area contributed by atoms with Gasteiger partial charge in [-0.15, -0.1) is 0 Å². The van der Waals surface area contributed by atoms with E-state index in [9.17, 15) is 4.79 Å². The van der Waals surface area contributed by atoms with Gasteiger partial charge in [-0.2, -0.15) is 0 Å². The van der Waals surface area contributed by atoms with Crippen LogP contribution in [0.5, 0.6) is 0 Å². The summed E-state index contributed by atoms with van der Waals surface area (Å²) in [7, 11) is 0. The highest BCUT2D eigenvalue weighted by molar-refractivity contribution is 7.99. The molecule has 1 atom stereocenters. The summed E-state index contributed by atoms with van der Waals surface area (Å²) in [5, 5.41) is 6.07. The predicted molar refractivity (Wildman–Crippen MR) is 103 cm³/mol. The molecule has 0 bridgehead atoms. The average Bonchev–Trinajstić information content (AvgIpc) is 2.58. The third-order valence-corrected chi connectivity index (χ3v) is 4.81. The number of benzene rings is 2. The molecule has 1 aromatic heterocycles. The Hall–Kier alpha value is -2.40. The van der Waals surface area contributed by atoms with Crippen LogP contribution in [-0.2, 0) is 4.79 Å². The van der Waals surface area contributed by atoms with Gasteiger partial charge in [0.1, 0.15) is 0 Å². The van der Waals surface area contributed by atoms with Crippen LogP contribution in [0.25, 0.3) is 10.8 Å². The topological polar surface area (TPSA) is 54.9 Å². The highest BCUT2D eigenvalue weighted by atomic mass is 32.2. The third kappa shape index (κ3) is 4.37. The minimum Gasteiger partial charge on any atom is -0.349 e. The Balaban J connectivity index is 1.66. The monoisotopic (exact) mass is 351 g/mol. The van der Waals surface area contributed by atoms with Gasteiger partial charge < -0.3 is 5.32 Å². The van der Waals surface area contributed by atoms with Crippen LogP contribution in [0.2, 0.25) is 0 Å². The summed E-state index contributed by atoms with van der Waals surface area (Å²) in [6.45, 7) is 5.88. The zero-order valence-corrected chi connectivity index (χ0v) is 15.4. The smallest absolute Gasteiger partial charge is 0.230 e. The van der Waals surface area contributed by atoms with Crippen LogP contribution in [0.1, 0.15) is 29.9 Å². The first-order valence-electron chi connectivity index (χ1n) is 8.25. The molecule has 25 heavy (non-hydrogen) atoms. The number of nitrogens with zero attached hydrogens (tertiary/aromatic N) is 2. The van der Waals surface area contributed by atoms with Gasteiger partial charge in [0.25, 0.3) is 0 Å². The summed E-state index contributed by atoms with van der Waals surface area (Å²) >= 11 is 1.36. The van der Waals surface area contributed by atoms with Crippen molar-refractivity contribution in [1.82, 2.24) is 15.3 Å². The quantitative estimate of drug-likeness (QED) is 0.552. The second-order valence-electron chi connectivity index (χ2n) is 6.08. The molecule has 1 heterocycles. The zero-order chi connectivity index (χ0) is 17.8. The normalized spacial score (nSPS) is 12.1. The Bertz CT molecular complexity index is 885. The number of hydrogen-bond donors (Lipinski definition) is 1. The van der Waals surface area contributed by atoms with Gasteiger partial charge in [-0.25, -0.2) is 9.97 Å². The van der Waals surface area contributed by atoms with Crippen molar-refractivity contribution in [2.45, 2.75) is 32.0 Å². The van der Waals surface area contributed by atoms with E-state index in [1.807, 2.05) is 45.0 Å². The second kappa shape index (κ2) is 7.66. The van der Waals surface area contributed by atoms with E-state index in [4.69, 9.17) is 0 Å². The third-order valence-electron chi connectivity index (χ3n) is 3.96. The molecule has 0 spiro atoms. The van der Waals surface area contributed by atoms with E-state index >= 15 is 0 Å². The summed E-state index contributed by atoms with van der Waals surface area (Å²) in [6.07, 6.45) is 0. The van der Waals surface area contributed by atoms with Crippen LogP contribution in [-0.4, -0.2) is 21.6 Å². The Labute approximate surface area is 152 Å². The number of thioether (sulfide) groups is 1. The van der Waals surface area contributed by atoms with Crippen LogP contribution in [0, 0.1) is 13.8 Å². The van der Waals surface area contributed by atoms with Gasteiger partial charge in [-0.3, -0.25) is 4.79 Å². The molecule has 0 aliphatic rings. The fourth-order valence-electron chi connectivity index (χ4n) is 2.88. The number of fused-ring (bicyclic) bond motifs is 1. The van der Waals surface area contributed by atoms with Crippen molar-refractivity contribution in [2.24, 2.45) is 0 Å². The Morgan fingerprint density at radius 1 is 1.08 bits per heavy atom. The minimum absolute atomic E-state index is 0.0202. The molecule has 128 valence electrons. The van der Waals surface area contributed by atoms with Crippen molar-refractivity contribution in [3.63, 3.8) is 0 Å². The van der Waals surface area contributed by atoms with Gasteiger partial charge in [-0.05, 0) is 43.2 Å². The van der Waals surface area contributed by atoms with Crippen molar-refractivity contribution >= 4 is 28.4 Å². The molecule has 0 aliphatic carbocycles. The highest BCUT2D eigenvalue weighted by Gasteiger charge is 2.13. The Morgan fingerprint density at radius 2 is 1.76 bits per heavy atom. The van der Waals surface area contributed by atoms with Crippen molar-refractivity contribution in [1.29, 1.82) is 0 Å². The summed E-state index contributed by atoms with van der Waals surface area (Å²) in [6, 6.07) is 16.3. The first-order chi connectivity index (χ1) is 12.0. The molecule has 0 aliphatic heterocycles. The molecule has 4 nitrogen and oxygen atoms in total. The lowest BCUT2D eigenvalue weighted by atomic mass is 10.00. The van der Waals surface area contributed by atoms with E-state index < -0.39 is 0 Å². The van der Waals surface area contributed by atoms with Gasteiger partial charge in [0.05, 0.1) is 11.8 Å². The van der Waals surface area contributed by atoms with E-state index in [-0.39, 0.29) is 11.9 Å². The highest BCUT2D eigenvalue weighted by Crippen LogP contribution is 2.24. The van der Waals surface area contributed by atoms with Crippen LogP contribution >= 0.6 is 11.8 Å². The van der Waals surface area contributed by atoms with Crippen molar-refractivity contribution in [3.05, 3.63) is 65.5 Å². The van der Waals surface area contributed by atoms with E-state index in [1.165, 1.54) is 22.5 Å². The molecule has 1 N–H and O–H groups in total. The lowest BCUT2D eigenvalue weighted by Gasteiger charge is -2.16. The second-order valence-corrected chi connectivity index (χ2v) is 7.02. The molecular formula is C20H21N3OS. The number of aromatic nitrogens is 2. The Kier molecular flexibility index (Phi) is 5.34. The average molecular weight is 351 g/mol. The lowest BCUT2D eigenvalue weighted by molar-refractivity contribution is -0.119. The molecule has 0 saturated carbocycles. The summed E-state index contributed by atoms with van der Waals surface area (Å²) in [5.74, 6) is 0.283. The van der Waals surface area contributed by atoms with Crippen LogP contribution in [0.4, 0.5) is 0 Å². The first-order valence-corrected chi connectivity index (χ1v) is 9.23. The van der Waals surface area contributed by atoms with Crippen LogP contribution in [0.15, 0.2) is 53.7 Å². The van der Waals surface area contributed by atoms with Gasteiger partial charge >= 0.3 is 0 Å². The van der Waals surface area contributed by atoms with Gasteiger partial charge in [0.2, 0.25) is 5.91 Å². The number of amides is 1. The van der Waals surface area contributed by atoms with E-state index in [0.29, 0.717) is 10.9 Å².